The van der Waals surface area contributed by atoms with Gasteiger partial charge in [-0.3, -0.25) is 4.79 Å². The number of alkyl halides is 6. The van der Waals surface area contributed by atoms with Gasteiger partial charge in [0.05, 0.1) is 16.7 Å². The largest absolute Gasteiger partial charge is 0.507 e. The predicted molar refractivity (Wildman–Crippen MR) is 106 cm³/mol. The van der Waals surface area contributed by atoms with E-state index in [0.717, 1.165) is 0 Å². The first-order valence-corrected chi connectivity index (χ1v) is 9.34. The van der Waals surface area contributed by atoms with Gasteiger partial charge in [-0.1, -0.05) is 46.3 Å². The second-order valence-electron chi connectivity index (χ2n) is 6.46. The van der Waals surface area contributed by atoms with Crippen molar-refractivity contribution < 1.29 is 36.2 Å². The Morgan fingerprint density at radius 1 is 0.839 bits per heavy atom. The van der Waals surface area contributed by atoms with Crippen molar-refractivity contribution in [3.05, 3.63) is 81.8 Å². The van der Waals surface area contributed by atoms with E-state index in [1.165, 1.54) is 12.1 Å². The van der Waals surface area contributed by atoms with E-state index in [-0.39, 0.29) is 11.6 Å². The number of nitrogens with one attached hydrogen (secondary N) is 1. The van der Waals surface area contributed by atoms with Gasteiger partial charge in [0.2, 0.25) is 0 Å². The fourth-order valence-electron chi connectivity index (χ4n) is 2.81. The highest BCUT2D eigenvalue weighted by molar-refractivity contribution is 9.10. The van der Waals surface area contributed by atoms with Crippen molar-refractivity contribution in [1.29, 1.82) is 0 Å². The van der Waals surface area contributed by atoms with Gasteiger partial charge in [0.1, 0.15) is 5.75 Å². The van der Waals surface area contributed by atoms with Crippen molar-refractivity contribution in [3.63, 3.8) is 0 Å². The summed E-state index contributed by atoms with van der Waals surface area (Å²) < 4.78 is 78.3. The van der Waals surface area contributed by atoms with E-state index in [1.807, 2.05) is 5.32 Å². The highest BCUT2D eigenvalue weighted by Crippen LogP contribution is 2.38. The minimum atomic E-state index is -5.05. The second-order valence-corrected chi connectivity index (χ2v) is 7.32. The second kappa shape index (κ2) is 8.26. The Hall–Kier alpha value is -3.01. The zero-order valence-electron chi connectivity index (χ0n) is 15.3. The van der Waals surface area contributed by atoms with Crippen molar-refractivity contribution in [1.82, 2.24) is 0 Å². The van der Waals surface area contributed by atoms with Gasteiger partial charge in [0, 0.05) is 10.2 Å². The van der Waals surface area contributed by atoms with Crippen molar-refractivity contribution in [3.8, 4) is 16.9 Å². The van der Waals surface area contributed by atoms with Crippen molar-refractivity contribution in [2.75, 3.05) is 5.32 Å². The minimum absolute atomic E-state index is 0.0433. The lowest BCUT2D eigenvalue weighted by Gasteiger charge is -2.15. The monoisotopic (exact) mass is 503 g/mol. The summed E-state index contributed by atoms with van der Waals surface area (Å²) in [6.45, 7) is 0. The van der Waals surface area contributed by atoms with Gasteiger partial charge in [-0.25, -0.2) is 0 Å². The van der Waals surface area contributed by atoms with Crippen molar-refractivity contribution in [2.24, 2.45) is 0 Å². The number of phenolic OH excluding ortho intramolecular Hbond substituents is 1. The summed E-state index contributed by atoms with van der Waals surface area (Å²) in [7, 11) is 0. The van der Waals surface area contributed by atoms with Crippen LogP contribution in [0.2, 0.25) is 0 Å². The zero-order chi connectivity index (χ0) is 23.0. The molecule has 10 heteroatoms. The van der Waals surface area contributed by atoms with Gasteiger partial charge in [0.25, 0.3) is 5.91 Å². The van der Waals surface area contributed by atoms with E-state index in [2.05, 4.69) is 15.9 Å². The van der Waals surface area contributed by atoms with Gasteiger partial charge in [-0.15, -0.1) is 0 Å². The molecule has 1 amide bonds. The number of halogens is 7. The molecule has 0 unspecified atom stereocenters. The molecule has 0 aromatic heterocycles. The Morgan fingerprint density at radius 2 is 1.39 bits per heavy atom. The highest BCUT2D eigenvalue weighted by Gasteiger charge is 2.37. The van der Waals surface area contributed by atoms with Crippen LogP contribution in [0.15, 0.2) is 65.1 Å². The predicted octanol–water partition coefficient (Wildman–Crippen LogP) is 7.11. The number of benzene rings is 3. The van der Waals surface area contributed by atoms with Crippen LogP contribution in [0.25, 0.3) is 11.1 Å². The Kier molecular flexibility index (Phi) is 6.04. The molecule has 3 aromatic rings. The molecule has 31 heavy (non-hydrogen) atoms. The summed E-state index contributed by atoms with van der Waals surface area (Å²) in [4.78, 5) is 12.5. The number of carbonyl (C=O) groups excluding carboxylic acids is 1. The lowest BCUT2D eigenvalue weighted by molar-refractivity contribution is -0.143. The van der Waals surface area contributed by atoms with Crippen LogP contribution in [-0.4, -0.2) is 11.0 Å². The smallest absolute Gasteiger partial charge is 0.416 e. The van der Waals surface area contributed by atoms with Gasteiger partial charge in [0.15, 0.2) is 0 Å². The molecule has 0 radical (unpaired) electrons. The van der Waals surface area contributed by atoms with Crippen LogP contribution in [-0.2, 0) is 12.4 Å². The third kappa shape index (κ3) is 5.19. The molecule has 0 heterocycles. The van der Waals surface area contributed by atoms with Gasteiger partial charge in [-0.05, 0) is 41.5 Å². The number of phenols is 1. The molecule has 0 aliphatic heterocycles. The lowest BCUT2D eigenvalue weighted by atomic mass is 10.0. The summed E-state index contributed by atoms with van der Waals surface area (Å²) in [5, 5.41) is 12.2. The van der Waals surface area contributed by atoms with Crippen LogP contribution in [0.4, 0.5) is 32.0 Å². The molecule has 3 nitrogen and oxygen atoms in total. The van der Waals surface area contributed by atoms with Crippen LogP contribution in [0, 0.1) is 0 Å². The first kappa shape index (κ1) is 22.7. The number of anilines is 1. The Balaban J connectivity index is 1.97. The Bertz CT molecular complexity index is 1090. The molecule has 0 fully saturated rings. The van der Waals surface area contributed by atoms with E-state index in [0.29, 0.717) is 27.7 Å². The van der Waals surface area contributed by atoms with Crippen LogP contribution < -0.4 is 5.32 Å². The SMILES string of the molecule is O=C(Nc1cc(C(F)(F)F)cc(C(F)(F)F)c1)c1cc(Br)c(-c2ccccc2)cc1O. The third-order valence-corrected chi connectivity index (χ3v) is 4.92. The van der Waals surface area contributed by atoms with Crippen LogP contribution >= 0.6 is 15.9 Å². The number of amides is 1. The molecule has 162 valence electrons. The fourth-order valence-corrected chi connectivity index (χ4v) is 3.38. The normalized spacial score (nSPS) is 12.0. The first-order valence-electron chi connectivity index (χ1n) is 8.55. The molecule has 0 aliphatic rings. The summed E-state index contributed by atoms with van der Waals surface area (Å²) in [5.74, 6) is -1.58. The number of hydrogen-bond acceptors (Lipinski definition) is 2. The van der Waals surface area contributed by atoms with Crippen LogP contribution in [0.1, 0.15) is 21.5 Å². The number of rotatable bonds is 3. The van der Waals surface area contributed by atoms with Crippen LogP contribution in [0.5, 0.6) is 5.75 Å². The molecule has 0 aliphatic carbocycles. The maximum atomic E-state index is 13.0. The van der Waals surface area contributed by atoms with Gasteiger partial charge >= 0.3 is 12.4 Å². The maximum absolute atomic E-state index is 13.0. The average molecular weight is 504 g/mol. The maximum Gasteiger partial charge on any atom is 0.416 e. The van der Waals surface area contributed by atoms with Crippen molar-refractivity contribution >= 4 is 27.5 Å². The summed E-state index contributed by atoms with van der Waals surface area (Å²) in [6.07, 6.45) is -10.1. The molecule has 3 aromatic carbocycles. The molecule has 0 saturated heterocycles. The molecular formula is C21H12BrF6NO2. The molecule has 2 N–H and O–H groups in total. The van der Waals surface area contributed by atoms with E-state index in [1.54, 1.807) is 30.3 Å². The van der Waals surface area contributed by atoms with E-state index in [4.69, 9.17) is 0 Å². The van der Waals surface area contributed by atoms with Crippen LogP contribution in [0.3, 0.4) is 0 Å². The Labute approximate surface area is 180 Å². The van der Waals surface area contributed by atoms with E-state index >= 15 is 0 Å². The topological polar surface area (TPSA) is 49.3 Å². The molecule has 0 saturated carbocycles. The molecule has 0 atom stereocenters. The molecule has 3 rings (SSSR count). The summed E-state index contributed by atoms with van der Waals surface area (Å²) in [6, 6.07) is 12.0. The highest BCUT2D eigenvalue weighted by atomic mass is 79.9. The number of carbonyl (C=O) groups is 1. The first-order chi connectivity index (χ1) is 14.4. The minimum Gasteiger partial charge on any atom is -0.507 e. The summed E-state index contributed by atoms with van der Waals surface area (Å²) >= 11 is 3.26. The van der Waals surface area contributed by atoms with E-state index < -0.39 is 40.8 Å². The van der Waals surface area contributed by atoms with Crippen molar-refractivity contribution in [2.45, 2.75) is 12.4 Å². The standard InChI is InChI=1S/C21H12BrF6NO2/c22-17-9-16(18(30)10-15(17)11-4-2-1-3-5-11)19(31)29-14-7-12(20(23,24)25)6-13(8-14)21(26,27)28/h1-10,30H,(H,29,31). The average Bonchev–Trinajstić information content (AvgIpc) is 2.68. The lowest BCUT2D eigenvalue weighted by Crippen LogP contribution is -2.16. The summed E-state index contributed by atoms with van der Waals surface area (Å²) in [5.41, 5.74) is -2.94. The quantitative estimate of drug-likeness (QED) is 0.374. The number of hydrogen-bond donors (Lipinski definition) is 2. The van der Waals surface area contributed by atoms with Gasteiger partial charge in [-0.2, -0.15) is 26.3 Å². The molecule has 0 spiro atoms. The Morgan fingerprint density at radius 3 is 1.90 bits per heavy atom. The van der Waals surface area contributed by atoms with E-state index in [9.17, 15) is 36.2 Å². The third-order valence-electron chi connectivity index (χ3n) is 4.26. The molecule has 0 bridgehead atoms. The van der Waals surface area contributed by atoms with Gasteiger partial charge < -0.3 is 10.4 Å². The molecular weight excluding hydrogens is 492 g/mol. The number of aromatic hydroxyl groups is 1. The zero-order valence-corrected chi connectivity index (χ0v) is 16.9. The fraction of sp³-hybridized carbons (Fsp3) is 0.0952.